The lowest BCUT2D eigenvalue weighted by molar-refractivity contribution is -0.143. The molecule has 0 aromatic rings. The number of nitrogens with zero attached hydrogens (tertiary/aromatic N) is 1. The fourth-order valence-electron chi connectivity index (χ4n) is 3.28. The predicted octanol–water partition coefficient (Wildman–Crippen LogP) is 1.45. The Morgan fingerprint density at radius 3 is 2.17 bits per heavy atom. The predicted molar refractivity (Wildman–Crippen MR) is 67.9 cm³/mol. The van der Waals surface area contributed by atoms with Crippen LogP contribution in [0.3, 0.4) is 0 Å². The summed E-state index contributed by atoms with van der Waals surface area (Å²) in [4.78, 5) is 26.6. The van der Waals surface area contributed by atoms with Gasteiger partial charge in [0.25, 0.3) is 0 Å². The van der Waals surface area contributed by atoms with Crippen LogP contribution < -0.4 is 5.32 Å². The number of likely N-dealkylation sites (tertiary alicyclic amines) is 1. The van der Waals surface area contributed by atoms with Crippen molar-refractivity contribution in [2.24, 2.45) is 5.41 Å². The largest absolute Gasteiger partial charge is 0.352 e. The molecule has 2 aliphatic carbocycles. The summed E-state index contributed by atoms with van der Waals surface area (Å²) in [6.45, 7) is 1.69. The number of carbonyl (C=O) groups excluding carboxylic acids is 2. The highest BCUT2D eigenvalue weighted by atomic mass is 16.2. The van der Waals surface area contributed by atoms with Gasteiger partial charge in [-0.3, -0.25) is 9.59 Å². The van der Waals surface area contributed by atoms with Crippen molar-refractivity contribution in [1.29, 1.82) is 0 Å². The third-order valence-electron chi connectivity index (χ3n) is 4.68. The van der Waals surface area contributed by atoms with E-state index in [4.69, 9.17) is 0 Å². The summed E-state index contributed by atoms with van der Waals surface area (Å²) in [5.41, 5.74) is -0.674. The zero-order chi connectivity index (χ0) is 12.6. The van der Waals surface area contributed by atoms with Crippen LogP contribution in [-0.2, 0) is 9.59 Å². The summed E-state index contributed by atoms with van der Waals surface area (Å²) in [5, 5.41) is 3.10. The molecule has 1 N–H and O–H groups in total. The first kappa shape index (κ1) is 12.0. The first-order valence-electron chi connectivity index (χ1n) is 7.33. The molecule has 18 heavy (non-hydrogen) atoms. The topological polar surface area (TPSA) is 49.4 Å². The Morgan fingerprint density at radius 1 is 1.00 bits per heavy atom. The van der Waals surface area contributed by atoms with Gasteiger partial charge in [0.05, 0.1) is 0 Å². The summed E-state index contributed by atoms with van der Waals surface area (Å²) in [6.07, 6.45) is 8.26. The molecular formula is C14H22N2O2. The van der Waals surface area contributed by atoms with Gasteiger partial charge >= 0.3 is 0 Å². The lowest BCUT2D eigenvalue weighted by Gasteiger charge is -2.23. The van der Waals surface area contributed by atoms with E-state index in [9.17, 15) is 9.59 Å². The van der Waals surface area contributed by atoms with Crippen LogP contribution in [-0.4, -0.2) is 35.8 Å². The Labute approximate surface area is 108 Å². The molecule has 1 heterocycles. The number of rotatable bonds is 3. The van der Waals surface area contributed by atoms with Gasteiger partial charge in [0.2, 0.25) is 11.8 Å². The Balaban J connectivity index is 1.62. The van der Waals surface area contributed by atoms with E-state index in [1.165, 1.54) is 12.8 Å². The summed E-state index contributed by atoms with van der Waals surface area (Å²) in [6, 6.07) is 0.321. The standard InChI is InChI=1S/C14H22N2O2/c17-12(15-11-5-1-2-6-11)14(7-8-14)13(18)16-9-3-4-10-16/h11H,1-10H2,(H,15,17). The molecule has 0 aromatic heterocycles. The molecule has 1 saturated heterocycles. The molecule has 0 spiro atoms. The number of amides is 2. The van der Waals surface area contributed by atoms with E-state index in [2.05, 4.69) is 5.32 Å². The molecule has 3 rings (SSSR count). The molecule has 0 aromatic carbocycles. The summed E-state index contributed by atoms with van der Waals surface area (Å²) < 4.78 is 0. The Morgan fingerprint density at radius 2 is 1.61 bits per heavy atom. The van der Waals surface area contributed by atoms with Crippen LogP contribution in [0, 0.1) is 5.41 Å². The van der Waals surface area contributed by atoms with Crippen molar-refractivity contribution in [1.82, 2.24) is 10.2 Å². The van der Waals surface area contributed by atoms with Crippen molar-refractivity contribution in [2.45, 2.75) is 57.4 Å². The zero-order valence-corrected chi connectivity index (χ0v) is 10.9. The van der Waals surface area contributed by atoms with E-state index < -0.39 is 5.41 Å². The molecule has 0 radical (unpaired) electrons. The average molecular weight is 250 g/mol. The van der Waals surface area contributed by atoms with Gasteiger partial charge in [-0.15, -0.1) is 0 Å². The van der Waals surface area contributed by atoms with Crippen molar-refractivity contribution >= 4 is 11.8 Å². The number of hydrogen-bond donors (Lipinski definition) is 1. The van der Waals surface area contributed by atoms with Crippen molar-refractivity contribution in [3.8, 4) is 0 Å². The molecule has 2 saturated carbocycles. The van der Waals surface area contributed by atoms with Gasteiger partial charge in [0, 0.05) is 19.1 Å². The lowest BCUT2D eigenvalue weighted by atomic mass is 10.0. The molecular weight excluding hydrogens is 228 g/mol. The highest BCUT2D eigenvalue weighted by Crippen LogP contribution is 2.48. The van der Waals surface area contributed by atoms with Gasteiger partial charge in [-0.1, -0.05) is 12.8 Å². The second-order valence-electron chi connectivity index (χ2n) is 6.04. The Kier molecular flexibility index (Phi) is 3.04. The van der Waals surface area contributed by atoms with Crippen LogP contribution in [0.2, 0.25) is 0 Å². The number of hydrogen-bond acceptors (Lipinski definition) is 2. The van der Waals surface area contributed by atoms with E-state index >= 15 is 0 Å². The van der Waals surface area contributed by atoms with Gasteiger partial charge in [-0.05, 0) is 38.5 Å². The zero-order valence-electron chi connectivity index (χ0n) is 10.9. The van der Waals surface area contributed by atoms with Gasteiger partial charge in [0.1, 0.15) is 5.41 Å². The van der Waals surface area contributed by atoms with E-state index in [0.717, 1.165) is 51.6 Å². The second-order valence-corrected chi connectivity index (χ2v) is 6.04. The fourth-order valence-corrected chi connectivity index (χ4v) is 3.28. The molecule has 100 valence electrons. The maximum atomic E-state index is 12.4. The smallest absolute Gasteiger partial charge is 0.238 e. The van der Waals surface area contributed by atoms with Crippen molar-refractivity contribution in [3.05, 3.63) is 0 Å². The first-order chi connectivity index (χ1) is 8.72. The molecule has 0 unspecified atom stereocenters. The number of carbonyl (C=O) groups is 2. The minimum atomic E-state index is -0.674. The third-order valence-corrected chi connectivity index (χ3v) is 4.68. The molecule has 2 amide bonds. The maximum absolute atomic E-state index is 12.4. The molecule has 3 fully saturated rings. The van der Waals surface area contributed by atoms with Crippen molar-refractivity contribution in [3.63, 3.8) is 0 Å². The van der Waals surface area contributed by atoms with Crippen molar-refractivity contribution < 1.29 is 9.59 Å². The van der Waals surface area contributed by atoms with E-state index in [1.807, 2.05) is 4.90 Å². The maximum Gasteiger partial charge on any atom is 0.238 e. The molecule has 4 heteroatoms. The first-order valence-corrected chi connectivity index (χ1v) is 7.33. The summed E-state index contributed by atoms with van der Waals surface area (Å²) in [7, 11) is 0. The monoisotopic (exact) mass is 250 g/mol. The minimum Gasteiger partial charge on any atom is -0.352 e. The van der Waals surface area contributed by atoms with Crippen LogP contribution >= 0.6 is 0 Å². The van der Waals surface area contributed by atoms with Crippen LogP contribution in [0.5, 0.6) is 0 Å². The molecule has 0 atom stereocenters. The second kappa shape index (κ2) is 4.56. The van der Waals surface area contributed by atoms with Gasteiger partial charge < -0.3 is 10.2 Å². The summed E-state index contributed by atoms with van der Waals surface area (Å²) >= 11 is 0. The highest BCUT2D eigenvalue weighted by molar-refractivity contribution is 6.08. The molecule has 1 aliphatic heterocycles. The highest BCUT2D eigenvalue weighted by Gasteiger charge is 2.58. The Hall–Kier alpha value is -1.06. The van der Waals surface area contributed by atoms with Crippen molar-refractivity contribution in [2.75, 3.05) is 13.1 Å². The van der Waals surface area contributed by atoms with Gasteiger partial charge in [-0.25, -0.2) is 0 Å². The number of nitrogens with one attached hydrogen (secondary N) is 1. The van der Waals surface area contributed by atoms with Gasteiger partial charge in [0.15, 0.2) is 0 Å². The van der Waals surface area contributed by atoms with Crippen LogP contribution in [0.4, 0.5) is 0 Å². The van der Waals surface area contributed by atoms with Gasteiger partial charge in [-0.2, -0.15) is 0 Å². The van der Waals surface area contributed by atoms with Crippen LogP contribution in [0.25, 0.3) is 0 Å². The average Bonchev–Trinajstić information content (AvgIpc) is 2.82. The SMILES string of the molecule is O=C(NC1CCCC1)C1(C(=O)N2CCCC2)CC1. The van der Waals surface area contributed by atoms with E-state index in [0.29, 0.717) is 6.04 Å². The molecule has 0 bridgehead atoms. The van der Waals surface area contributed by atoms with E-state index in [1.54, 1.807) is 0 Å². The normalized spacial score (nSPS) is 26.3. The summed E-state index contributed by atoms with van der Waals surface area (Å²) in [5.74, 6) is 0.0989. The van der Waals surface area contributed by atoms with E-state index in [-0.39, 0.29) is 11.8 Å². The quantitative estimate of drug-likeness (QED) is 0.771. The Bertz CT molecular complexity index is 351. The molecule has 3 aliphatic rings. The fraction of sp³-hybridized carbons (Fsp3) is 0.857. The molecule has 4 nitrogen and oxygen atoms in total. The minimum absolute atomic E-state index is 0.00583. The van der Waals surface area contributed by atoms with Crippen LogP contribution in [0.15, 0.2) is 0 Å². The van der Waals surface area contributed by atoms with Crippen LogP contribution in [0.1, 0.15) is 51.4 Å². The third kappa shape index (κ3) is 2.02. The lowest BCUT2D eigenvalue weighted by Crippen LogP contribution is -2.46.